The van der Waals surface area contributed by atoms with Crippen LogP contribution >= 0.6 is 11.3 Å². The molecule has 0 aliphatic carbocycles. The van der Waals surface area contributed by atoms with Gasteiger partial charge in [-0.25, -0.2) is 19.1 Å². The fourth-order valence-corrected chi connectivity index (χ4v) is 6.38. The number of benzene rings is 1. The van der Waals surface area contributed by atoms with E-state index in [4.69, 9.17) is 18.6 Å². The summed E-state index contributed by atoms with van der Waals surface area (Å²) < 4.78 is 25.9. The zero-order valence-corrected chi connectivity index (χ0v) is 25.7. The molecular formula is C31H37N3O7S. The second-order valence-electron chi connectivity index (χ2n) is 12.0. The van der Waals surface area contributed by atoms with E-state index < -0.39 is 34.5 Å². The fraction of sp³-hybridized carbons (Fsp3) is 0.484. The Morgan fingerprint density at radius 1 is 1.12 bits per heavy atom. The van der Waals surface area contributed by atoms with E-state index in [2.05, 4.69) is 4.98 Å². The normalized spacial score (nSPS) is 15.7. The molecule has 1 atom stereocenters. The maximum atomic E-state index is 14.4. The zero-order valence-electron chi connectivity index (χ0n) is 24.8. The number of oxazole rings is 1. The third-order valence-corrected chi connectivity index (χ3v) is 8.64. The molecule has 0 amide bonds. The lowest BCUT2D eigenvalue weighted by atomic mass is 10.0. The molecule has 10 nitrogen and oxygen atoms in total. The number of hydrogen-bond donors (Lipinski definition) is 0. The first kappa shape index (κ1) is 29.9. The summed E-state index contributed by atoms with van der Waals surface area (Å²) in [6.07, 6.45) is 3.92. The van der Waals surface area contributed by atoms with Gasteiger partial charge in [-0.3, -0.25) is 9.36 Å². The Morgan fingerprint density at radius 2 is 1.81 bits per heavy atom. The number of aromatic nitrogens is 3. The molecule has 1 aliphatic heterocycles. The van der Waals surface area contributed by atoms with Crippen LogP contribution in [0.5, 0.6) is 0 Å². The molecule has 5 rings (SSSR count). The first-order valence-corrected chi connectivity index (χ1v) is 14.9. The van der Waals surface area contributed by atoms with E-state index in [9.17, 15) is 14.4 Å². The summed E-state index contributed by atoms with van der Waals surface area (Å²) >= 11 is 1.26. The number of carbonyl (C=O) groups excluding carboxylic acids is 1. The van der Waals surface area contributed by atoms with Crippen LogP contribution in [0.1, 0.15) is 64.7 Å². The second kappa shape index (κ2) is 11.6. The molecule has 11 heteroatoms. The largest absolute Gasteiger partial charge is 0.458 e. The van der Waals surface area contributed by atoms with Gasteiger partial charge in [-0.15, -0.1) is 11.3 Å². The highest BCUT2D eigenvalue weighted by molar-refractivity contribution is 7.22. The van der Waals surface area contributed by atoms with Gasteiger partial charge in [-0.05, 0) is 65.5 Å². The van der Waals surface area contributed by atoms with E-state index in [1.54, 1.807) is 32.3 Å². The summed E-state index contributed by atoms with van der Waals surface area (Å²) in [7, 11) is 0. The standard InChI is InChI=1S/C31H37N3O7S/c1-19-23-26(35)34(31(5,6)28(36)41-30(2,3)4)29(37)33(27(23)42-24(19)25-32-14-17-39-25)18-22(20-10-8-7-9-11-20)40-21-12-15-38-16-13-21/h7-11,14,17,21-22H,12-13,15-16,18H2,1-6H3/t22-/m0/s1. The van der Waals surface area contributed by atoms with E-state index in [1.807, 2.05) is 30.3 Å². The molecule has 0 unspecified atom stereocenters. The molecular weight excluding hydrogens is 558 g/mol. The molecule has 3 aromatic heterocycles. The first-order chi connectivity index (χ1) is 19.9. The number of thiophene rings is 1. The summed E-state index contributed by atoms with van der Waals surface area (Å²) in [6, 6.07) is 9.71. The van der Waals surface area contributed by atoms with Gasteiger partial charge in [-0.2, -0.15) is 0 Å². The van der Waals surface area contributed by atoms with Crippen LogP contribution < -0.4 is 11.2 Å². The van der Waals surface area contributed by atoms with Crippen LogP contribution in [0.2, 0.25) is 0 Å². The van der Waals surface area contributed by atoms with Crippen molar-refractivity contribution in [3.63, 3.8) is 0 Å². The Hall–Kier alpha value is -3.54. The Bertz CT molecular complexity index is 1670. The summed E-state index contributed by atoms with van der Waals surface area (Å²) in [5, 5.41) is 0.322. The van der Waals surface area contributed by atoms with Crippen molar-refractivity contribution in [2.75, 3.05) is 13.2 Å². The van der Waals surface area contributed by atoms with Crippen LogP contribution in [-0.2, 0) is 31.1 Å². The summed E-state index contributed by atoms with van der Waals surface area (Å²) in [6.45, 7) is 11.4. The molecule has 4 heterocycles. The number of hydrogen-bond acceptors (Lipinski definition) is 9. The first-order valence-electron chi connectivity index (χ1n) is 14.1. The molecule has 42 heavy (non-hydrogen) atoms. The van der Waals surface area contributed by atoms with E-state index in [0.717, 1.165) is 23.0 Å². The number of aryl methyl sites for hydroxylation is 1. The van der Waals surface area contributed by atoms with Crippen LogP contribution in [0.15, 0.2) is 56.8 Å². The predicted molar refractivity (Wildman–Crippen MR) is 160 cm³/mol. The van der Waals surface area contributed by atoms with Gasteiger partial charge in [0.2, 0.25) is 5.89 Å². The lowest BCUT2D eigenvalue weighted by molar-refractivity contribution is -0.164. The minimum atomic E-state index is -1.60. The molecule has 0 N–H and O–H groups in total. The molecule has 1 saturated heterocycles. The highest BCUT2D eigenvalue weighted by Crippen LogP contribution is 2.37. The quantitative estimate of drug-likeness (QED) is 0.255. The minimum absolute atomic E-state index is 0.0489. The number of ether oxygens (including phenoxy) is 3. The van der Waals surface area contributed by atoms with Gasteiger partial charge in [0, 0.05) is 13.2 Å². The number of rotatable bonds is 8. The van der Waals surface area contributed by atoms with Crippen LogP contribution in [0.4, 0.5) is 0 Å². The molecule has 0 saturated carbocycles. The molecule has 0 radical (unpaired) electrons. The maximum Gasteiger partial charge on any atom is 0.333 e. The SMILES string of the molecule is Cc1c(-c2ncco2)sc2c1c(=O)n(C(C)(C)C(=O)OC(C)(C)C)c(=O)n2C[C@H](OC1CCOCC1)c1ccccc1. The third kappa shape index (κ3) is 5.86. The van der Waals surface area contributed by atoms with E-state index in [-0.39, 0.29) is 12.6 Å². The van der Waals surface area contributed by atoms with Crippen LogP contribution in [0.3, 0.4) is 0 Å². The van der Waals surface area contributed by atoms with Gasteiger partial charge >= 0.3 is 11.7 Å². The number of nitrogens with zero attached hydrogens (tertiary/aromatic N) is 3. The van der Waals surface area contributed by atoms with Gasteiger partial charge in [0.15, 0.2) is 0 Å². The highest BCUT2D eigenvalue weighted by Gasteiger charge is 2.39. The van der Waals surface area contributed by atoms with Gasteiger partial charge in [0.25, 0.3) is 5.56 Å². The third-order valence-electron chi connectivity index (χ3n) is 7.34. The summed E-state index contributed by atoms with van der Waals surface area (Å²) in [5.41, 5.74) is -2.09. The predicted octanol–water partition coefficient (Wildman–Crippen LogP) is 5.20. The molecule has 0 spiro atoms. The van der Waals surface area contributed by atoms with Gasteiger partial charge in [0.05, 0.1) is 29.1 Å². The molecule has 0 bridgehead atoms. The second-order valence-corrected chi connectivity index (χ2v) is 13.0. The van der Waals surface area contributed by atoms with E-state index >= 15 is 0 Å². The van der Waals surface area contributed by atoms with Crippen LogP contribution in [0.25, 0.3) is 21.0 Å². The van der Waals surface area contributed by atoms with Crippen molar-refractivity contribution < 1.29 is 23.4 Å². The van der Waals surface area contributed by atoms with Gasteiger partial charge in [-0.1, -0.05) is 30.3 Å². The molecule has 1 fully saturated rings. The molecule has 1 aromatic carbocycles. The smallest absolute Gasteiger partial charge is 0.333 e. The van der Waals surface area contributed by atoms with Crippen molar-refractivity contribution >= 4 is 27.5 Å². The Kier molecular flexibility index (Phi) is 8.28. The van der Waals surface area contributed by atoms with Crippen molar-refractivity contribution in [2.45, 2.75) is 84.3 Å². The molecule has 4 aromatic rings. The topological polar surface area (TPSA) is 115 Å². The maximum absolute atomic E-state index is 14.4. The van der Waals surface area contributed by atoms with Crippen molar-refractivity contribution in [1.29, 1.82) is 0 Å². The lowest BCUT2D eigenvalue weighted by Gasteiger charge is -2.31. The zero-order chi connectivity index (χ0) is 30.2. The minimum Gasteiger partial charge on any atom is -0.458 e. The van der Waals surface area contributed by atoms with Crippen LogP contribution in [0, 0.1) is 6.92 Å². The molecule has 1 aliphatic rings. The lowest BCUT2D eigenvalue weighted by Crippen LogP contribution is -2.54. The Labute approximate surface area is 247 Å². The van der Waals surface area contributed by atoms with E-state index in [1.165, 1.54) is 37.6 Å². The number of fused-ring (bicyclic) bond motifs is 1. The average molecular weight is 596 g/mol. The molecule has 224 valence electrons. The number of esters is 1. The highest BCUT2D eigenvalue weighted by atomic mass is 32.1. The average Bonchev–Trinajstić information content (AvgIpc) is 3.58. The van der Waals surface area contributed by atoms with E-state index in [0.29, 0.717) is 39.8 Å². The fourth-order valence-electron chi connectivity index (χ4n) is 5.14. The van der Waals surface area contributed by atoms with Crippen LogP contribution in [-0.4, -0.2) is 45.0 Å². The van der Waals surface area contributed by atoms with Crippen molar-refractivity contribution in [2.24, 2.45) is 0 Å². The monoisotopic (exact) mass is 595 g/mol. The Morgan fingerprint density at radius 3 is 2.43 bits per heavy atom. The van der Waals surface area contributed by atoms with Crippen molar-refractivity contribution in [3.8, 4) is 10.8 Å². The van der Waals surface area contributed by atoms with Crippen molar-refractivity contribution in [1.82, 2.24) is 14.1 Å². The Balaban J connectivity index is 1.73. The van der Waals surface area contributed by atoms with Gasteiger partial charge < -0.3 is 18.6 Å². The van der Waals surface area contributed by atoms with Gasteiger partial charge in [0.1, 0.15) is 28.3 Å². The summed E-state index contributed by atoms with van der Waals surface area (Å²) in [5.74, 6) is -0.331. The summed E-state index contributed by atoms with van der Waals surface area (Å²) in [4.78, 5) is 47.4. The number of carbonyl (C=O) groups is 1. The van der Waals surface area contributed by atoms with Crippen molar-refractivity contribution in [3.05, 3.63) is 74.8 Å².